The smallest absolute Gasteiger partial charge is 0.337 e. The number of ether oxygens (including phenoxy) is 1. The van der Waals surface area contributed by atoms with Crippen molar-refractivity contribution in [2.24, 2.45) is 0 Å². The van der Waals surface area contributed by atoms with Crippen LogP contribution in [0, 0.1) is 13.8 Å². The third kappa shape index (κ3) is 4.48. The van der Waals surface area contributed by atoms with E-state index in [2.05, 4.69) is 18.7 Å². The molecule has 2 aromatic carbocycles. The van der Waals surface area contributed by atoms with Crippen LogP contribution in [0.25, 0.3) is 0 Å². The minimum atomic E-state index is -0.423. The summed E-state index contributed by atoms with van der Waals surface area (Å²) in [5.41, 5.74) is 5.35. The Morgan fingerprint density at radius 1 is 1.11 bits per heavy atom. The largest absolute Gasteiger partial charge is 0.465 e. The van der Waals surface area contributed by atoms with Crippen molar-refractivity contribution in [2.45, 2.75) is 40.3 Å². The number of amides is 1. The highest BCUT2D eigenvalue weighted by Crippen LogP contribution is 2.32. The normalized spacial score (nSPS) is 10.6. The van der Waals surface area contributed by atoms with Crippen molar-refractivity contribution in [1.82, 2.24) is 0 Å². The van der Waals surface area contributed by atoms with E-state index in [4.69, 9.17) is 4.74 Å². The Labute approximate surface area is 161 Å². The van der Waals surface area contributed by atoms with Crippen LogP contribution in [0.4, 0.5) is 11.4 Å². The van der Waals surface area contributed by atoms with E-state index in [0.717, 1.165) is 28.8 Å². The topological polar surface area (TPSA) is 49.9 Å². The molecule has 0 aromatic heterocycles. The number of esters is 1. The zero-order chi connectivity index (χ0) is 20.1. The first-order valence-corrected chi connectivity index (χ1v) is 9.02. The SMILES string of the molecule is COC(=O)c1ccc(N(C)C(C)C)c(N(C=O)Cc2c(C)cccc2C)c1. The zero-order valence-electron chi connectivity index (χ0n) is 16.9. The highest BCUT2D eigenvalue weighted by atomic mass is 16.5. The van der Waals surface area contributed by atoms with E-state index in [-0.39, 0.29) is 6.04 Å². The van der Waals surface area contributed by atoms with Crippen LogP contribution in [0.5, 0.6) is 0 Å². The molecule has 0 radical (unpaired) electrons. The molecule has 0 bridgehead atoms. The summed E-state index contributed by atoms with van der Waals surface area (Å²) < 4.78 is 4.85. The van der Waals surface area contributed by atoms with E-state index in [0.29, 0.717) is 17.8 Å². The molecule has 1 amide bonds. The Kier molecular flexibility index (Phi) is 6.61. The number of rotatable bonds is 7. The molecule has 0 saturated heterocycles. The van der Waals surface area contributed by atoms with Gasteiger partial charge in [-0.1, -0.05) is 18.2 Å². The van der Waals surface area contributed by atoms with E-state index in [9.17, 15) is 9.59 Å². The van der Waals surface area contributed by atoms with Crippen molar-refractivity contribution in [3.63, 3.8) is 0 Å². The van der Waals surface area contributed by atoms with Gasteiger partial charge in [0.15, 0.2) is 0 Å². The summed E-state index contributed by atoms with van der Waals surface area (Å²) in [6.07, 6.45) is 0.819. The number of methoxy groups -OCH3 is 1. The van der Waals surface area contributed by atoms with Gasteiger partial charge in [-0.2, -0.15) is 0 Å². The Morgan fingerprint density at radius 3 is 2.26 bits per heavy atom. The highest BCUT2D eigenvalue weighted by molar-refractivity contribution is 5.94. The summed E-state index contributed by atoms with van der Waals surface area (Å²) in [6.45, 7) is 8.67. The monoisotopic (exact) mass is 368 g/mol. The van der Waals surface area contributed by atoms with Gasteiger partial charge in [0, 0.05) is 13.1 Å². The molecular weight excluding hydrogens is 340 g/mol. The maximum atomic E-state index is 12.0. The molecule has 0 aliphatic heterocycles. The summed E-state index contributed by atoms with van der Waals surface area (Å²) in [5, 5.41) is 0. The van der Waals surface area contributed by atoms with Gasteiger partial charge >= 0.3 is 5.97 Å². The predicted molar refractivity (Wildman–Crippen MR) is 109 cm³/mol. The number of anilines is 2. The van der Waals surface area contributed by atoms with Crippen LogP contribution in [-0.4, -0.2) is 32.6 Å². The quantitative estimate of drug-likeness (QED) is 0.545. The number of hydrogen-bond acceptors (Lipinski definition) is 4. The predicted octanol–water partition coefficient (Wildman–Crippen LogP) is 4.10. The molecule has 0 unspecified atom stereocenters. The van der Waals surface area contributed by atoms with E-state index in [1.807, 2.05) is 45.2 Å². The van der Waals surface area contributed by atoms with Crippen molar-refractivity contribution in [3.05, 3.63) is 58.7 Å². The van der Waals surface area contributed by atoms with Gasteiger partial charge in [-0.25, -0.2) is 4.79 Å². The molecule has 5 heteroatoms. The van der Waals surface area contributed by atoms with Crippen LogP contribution in [0.15, 0.2) is 36.4 Å². The second kappa shape index (κ2) is 8.71. The first kappa shape index (κ1) is 20.5. The van der Waals surface area contributed by atoms with Gasteiger partial charge < -0.3 is 14.5 Å². The fourth-order valence-electron chi connectivity index (χ4n) is 3.02. The van der Waals surface area contributed by atoms with Gasteiger partial charge in [-0.3, -0.25) is 4.79 Å². The van der Waals surface area contributed by atoms with E-state index in [1.54, 1.807) is 17.0 Å². The lowest BCUT2D eigenvalue weighted by Gasteiger charge is -2.30. The van der Waals surface area contributed by atoms with Gasteiger partial charge in [0.2, 0.25) is 6.41 Å². The Bertz CT molecular complexity index is 810. The van der Waals surface area contributed by atoms with Crippen LogP contribution in [-0.2, 0) is 16.1 Å². The molecule has 0 atom stereocenters. The molecule has 0 aliphatic carbocycles. The molecule has 0 aliphatic rings. The summed E-state index contributed by atoms with van der Waals surface area (Å²) in [6, 6.07) is 11.6. The molecule has 0 spiro atoms. The molecular formula is C22H28N2O3. The standard InChI is InChI=1S/C22H28N2O3/c1-15(2)23(5)20-11-10-18(22(26)27-6)12-21(20)24(14-25)13-19-16(3)8-7-9-17(19)4/h7-12,14-15H,13H2,1-6H3. The van der Waals surface area contributed by atoms with Crippen molar-refractivity contribution in [2.75, 3.05) is 24.0 Å². The second-order valence-corrected chi connectivity index (χ2v) is 7.00. The molecule has 2 rings (SSSR count). The third-order valence-corrected chi connectivity index (χ3v) is 4.96. The number of aryl methyl sites for hydroxylation is 2. The Hall–Kier alpha value is -2.82. The number of benzene rings is 2. The van der Waals surface area contributed by atoms with Crippen molar-refractivity contribution >= 4 is 23.8 Å². The van der Waals surface area contributed by atoms with Crippen LogP contribution < -0.4 is 9.80 Å². The van der Waals surface area contributed by atoms with E-state index >= 15 is 0 Å². The fourth-order valence-corrected chi connectivity index (χ4v) is 3.02. The first-order valence-electron chi connectivity index (χ1n) is 9.02. The maximum absolute atomic E-state index is 12.0. The molecule has 0 N–H and O–H groups in total. The van der Waals surface area contributed by atoms with Crippen molar-refractivity contribution in [3.8, 4) is 0 Å². The summed E-state index contributed by atoms with van der Waals surface area (Å²) in [4.78, 5) is 27.8. The van der Waals surface area contributed by atoms with E-state index in [1.165, 1.54) is 7.11 Å². The van der Waals surface area contributed by atoms with Crippen LogP contribution in [0.2, 0.25) is 0 Å². The Morgan fingerprint density at radius 2 is 1.74 bits per heavy atom. The molecule has 0 heterocycles. The van der Waals surface area contributed by atoms with Gasteiger partial charge in [-0.05, 0) is 62.6 Å². The Balaban J connectivity index is 2.56. The molecule has 2 aromatic rings. The van der Waals surface area contributed by atoms with Gasteiger partial charge in [-0.15, -0.1) is 0 Å². The second-order valence-electron chi connectivity index (χ2n) is 7.00. The molecule has 27 heavy (non-hydrogen) atoms. The number of carbonyl (C=O) groups excluding carboxylic acids is 2. The lowest BCUT2D eigenvalue weighted by Crippen LogP contribution is -2.30. The summed E-state index contributed by atoms with van der Waals surface area (Å²) in [5.74, 6) is -0.423. The lowest BCUT2D eigenvalue weighted by molar-refractivity contribution is -0.107. The number of carbonyl (C=O) groups is 2. The van der Waals surface area contributed by atoms with Crippen molar-refractivity contribution < 1.29 is 14.3 Å². The fraction of sp³-hybridized carbons (Fsp3) is 0.364. The van der Waals surface area contributed by atoms with Gasteiger partial charge in [0.1, 0.15) is 0 Å². The molecule has 144 valence electrons. The minimum absolute atomic E-state index is 0.237. The number of hydrogen-bond donors (Lipinski definition) is 0. The summed E-state index contributed by atoms with van der Waals surface area (Å²) in [7, 11) is 3.33. The molecule has 5 nitrogen and oxygen atoms in total. The summed E-state index contributed by atoms with van der Waals surface area (Å²) >= 11 is 0. The van der Waals surface area contributed by atoms with Crippen molar-refractivity contribution in [1.29, 1.82) is 0 Å². The maximum Gasteiger partial charge on any atom is 0.337 e. The minimum Gasteiger partial charge on any atom is -0.465 e. The molecule has 0 saturated carbocycles. The van der Waals surface area contributed by atoms with Crippen LogP contribution in [0.1, 0.15) is 40.9 Å². The van der Waals surface area contributed by atoms with Gasteiger partial charge in [0.05, 0.1) is 30.6 Å². The van der Waals surface area contributed by atoms with Crippen LogP contribution >= 0.6 is 0 Å². The van der Waals surface area contributed by atoms with E-state index < -0.39 is 5.97 Å². The van der Waals surface area contributed by atoms with Crippen LogP contribution in [0.3, 0.4) is 0 Å². The third-order valence-electron chi connectivity index (χ3n) is 4.96. The average Bonchev–Trinajstić information content (AvgIpc) is 2.66. The lowest BCUT2D eigenvalue weighted by atomic mass is 10.0. The first-order chi connectivity index (χ1) is 12.8. The highest BCUT2D eigenvalue weighted by Gasteiger charge is 2.20. The molecule has 0 fully saturated rings. The van der Waals surface area contributed by atoms with Gasteiger partial charge in [0.25, 0.3) is 0 Å². The average molecular weight is 368 g/mol. The zero-order valence-corrected chi connectivity index (χ0v) is 16.9. The number of nitrogens with zero attached hydrogens (tertiary/aromatic N) is 2.